The van der Waals surface area contributed by atoms with Gasteiger partial charge in [-0.15, -0.1) is 0 Å². The second-order valence-electron chi connectivity index (χ2n) is 8.28. The summed E-state index contributed by atoms with van der Waals surface area (Å²) in [5.41, 5.74) is 1.71. The van der Waals surface area contributed by atoms with E-state index in [9.17, 15) is 14.4 Å². The highest BCUT2D eigenvalue weighted by atomic mass is 16.5. The molecule has 0 unspecified atom stereocenters. The lowest BCUT2D eigenvalue weighted by Crippen LogP contribution is -2.42. The normalized spacial score (nSPS) is 11.0. The van der Waals surface area contributed by atoms with Crippen molar-refractivity contribution >= 4 is 22.6 Å². The number of anilines is 1. The Bertz CT molecular complexity index is 1520. The Kier molecular flexibility index (Phi) is 7.23. The quantitative estimate of drug-likeness (QED) is 0.386. The van der Waals surface area contributed by atoms with Crippen LogP contribution in [0.3, 0.4) is 0 Å². The van der Waals surface area contributed by atoms with E-state index in [2.05, 4.69) is 10.4 Å². The number of nitrogens with zero attached hydrogens (tertiary/aromatic N) is 4. The molecule has 0 bridgehead atoms. The highest BCUT2D eigenvalue weighted by molar-refractivity contribution is 5.92. The largest absolute Gasteiger partial charge is 0.493 e. The van der Waals surface area contributed by atoms with Gasteiger partial charge in [0.2, 0.25) is 5.91 Å². The fourth-order valence-corrected chi connectivity index (χ4v) is 4.28. The molecule has 4 aromatic rings. The molecular formula is C26H29N5O5. The number of carbonyl (C=O) groups excluding carboxylic acids is 1. The van der Waals surface area contributed by atoms with Crippen molar-refractivity contribution in [2.45, 2.75) is 39.9 Å². The van der Waals surface area contributed by atoms with Gasteiger partial charge in [-0.25, -0.2) is 4.79 Å². The Morgan fingerprint density at radius 3 is 2.36 bits per heavy atom. The van der Waals surface area contributed by atoms with E-state index in [-0.39, 0.29) is 13.1 Å². The van der Waals surface area contributed by atoms with Crippen molar-refractivity contribution in [3.63, 3.8) is 0 Å². The maximum atomic E-state index is 13.5. The van der Waals surface area contributed by atoms with Gasteiger partial charge in [0.15, 0.2) is 17.0 Å². The van der Waals surface area contributed by atoms with E-state index in [4.69, 9.17) is 9.47 Å². The fourth-order valence-electron chi connectivity index (χ4n) is 4.28. The van der Waals surface area contributed by atoms with Crippen LogP contribution in [0.2, 0.25) is 0 Å². The maximum Gasteiger partial charge on any atom is 0.332 e. The average Bonchev–Trinajstić information content (AvgIpc) is 3.23. The molecule has 0 fully saturated rings. The third kappa shape index (κ3) is 4.74. The number of carbonyl (C=O) groups is 1. The summed E-state index contributed by atoms with van der Waals surface area (Å²) in [6.07, 6.45) is 0.499. The van der Waals surface area contributed by atoms with E-state index in [1.165, 1.54) is 23.4 Å². The monoisotopic (exact) mass is 491 g/mol. The second-order valence-corrected chi connectivity index (χ2v) is 8.28. The van der Waals surface area contributed by atoms with Gasteiger partial charge in [0, 0.05) is 24.8 Å². The van der Waals surface area contributed by atoms with Gasteiger partial charge in [-0.1, -0.05) is 30.3 Å². The lowest BCUT2D eigenvalue weighted by molar-refractivity contribution is -0.116. The minimum absolute atomic E-state index is 0.183. The molecule has 1 N–H and O–H groups in total. The topological polar surface area (TPSA) is 109 Å². The number of fused-ring (bicyclic) bond motifs is 1. The van der Waals surface area contributed by atoms with Gasteiger partial charge in [-0.3, -0.25) is 23.4 Å². The first-order valence-electron chi connectivity index (χ1n) is 11.6. The van der Waals surface area contributed by atoms with E-state index in [0.29, 0.717) is 46.9 Å². The van der Waals surface area contributed by atoms with E-state index >= 15 is 0 Å². The molecule has 0 saturated heterocycles. The minimum atomic E-state index is -0.551. The number of ether oxygens (including phenoxy) is 2. The second kappa shape index (κ2) is 10.5. The number of aryl methyl sites for hydroxylation is 3. The van der Waals surface area contributed by atoms with Gasteiger partial charge in [0.1, 0.15) is 12.1 Å². The molecule has 188 valence electrons. The third-order valence-electron chi connectivity index (χ3n) is 6.01. The molecule has 2 aromatic carbocycles. The van der Waals surface area contributed by atoms with Gasteiger partial charge >= 0.3 is 5.69 Å². The SMILES string of the molecule is CCn1nc(C)c2c1c(=O)n(CCc1ccccc1)c(=O)n2CC(=O)Nc1ccc(OC)c(OC)c1. The van der Waals surface area contributed by atoms with Gasteiger partial charge in [0.25, 0.3) is 5.56 Å². The van der Waals surface area contributed by atoms with Crippen LogP contribution in [0.5, 0.6) is 11.5 Å². The molecule has 10 heteroatoms. The molecule has 0 spiro atoms. The van der Waals surface area contributed by atoms with Gasteiger partial charge in [0.05, 0.1) is 19.9 Å². The maximum absolute atomic E-state index is 13.5. The van der Waals surface area contributed by atoms with E-state index in [1.807, 2.05) is 37.3 Å². The molecule has 0 aliphatic carbocycles. The van der Waals surface area contributed by atoms with E-state index < -0.39 is 17.2 Å². The number of rotatable bonds is 9. The van der Waals surface area contributed by atoms with Crippen LogP contribution in [-0.2, 0) is 30.8 Å². The minimum Gasteiger partial charge on any atom is -0.493 e. The predicted molar refractivity (Wildman–Crippen MR) is 137 cm³/mol. The van der Waals surface area contributed by atoms with Crippen LogP contribution in [0.25, 0.3) is 11.0 Å². The molecule has 36 heavy (non-hydrogen) atoms. The lowest BCUT2D eigenvalue weighted by atomic mass is 10.1. The van der Waals surface area contributed by atoms with Gasteiger partial charge in [-0.2, -0.15) is 5.10 Å². The molecule has 0 atom stereocenters. The highest BCUT2D eigenvalue weighted by Gasteiger charge is 2.21. The summed E-state index contributed by atoms with van der Waals surface area (Å²) in [4.78, 5) is 39.9. The molecule has 0 radical (unpaired) electrons. The Labute approximate surface area is 207 Å². The number of benzene rings is 2. The van der Waals surface area contributed by atoms with Gasteiger partial charge in [-0.05, 0) is 38.0 Å². The van der Waals surface area contributed by atoms with Crippen molar-refractivity contribution in [3.05, 3.63) is 80.6 Å². The number of aromatic nitrogens is 4. The molecule has 4 rings (SSSR count). The first-order chi connectivity index (χ1) is 17.4. The molecule has 2 aromatic heterocycles. The molecule has 1 amide bonds. The van der Waals surface area contributed by atoms with Crippen LogP contribution < -0.4 is 26.0 Å². The predicted octanol–water partition coefficient (Wildman–Crippen LogP) is 2.59. The number of nitrogens with one attached hydrogen (secondary N) is 1. The van der Waals surface area contributed by atoms with E-state index in [1.54, 1.807) is 29.8 Å². The molecule has 0 aliphatic rings. The van der Waals surface area contributed by atoms with Crippen LogP contribution in [0, 0.1) is 6.92 Å². The van der Waals surface area contributed by atoms with Crippen molar-refractivity contribution in [1.82, 2.24) is 18.9 Å². The fraction of sp³-hybridized carbons (Fsp3) is 0.308. The highest BCUT2D eigenvalue weighted by Crippen LogP contribution is 2.29. The Morgan fingerprint density at radius 1 is 0.972 bits per heavy atom. The molecule has 2 heterocycles. The summed E-state index contributed by atoms with van der Waals surface area (Å²) < 4.78 is 14.6. The van der Waals surface area contributed by atoms with Crippen molar-refractivity contribution < 1.29 is 14.3 Å². The number of amides is 1. The van der Waals surface area contributed by atoms with Crippen LogP contribution in [0.15, 0.2) is 58.1 Å². The number of hydrogen-bond donors (Lipinski definition) is 1. The van der Waals surface area contributed by atoms with Crippen molar-refractivity contribution in [3.8, 4) is 11.5 Å². The molecule has 0 aliphatic heterocycles. The lowest BCUT2D eigenvalue weighted by Gasteiger charge is -2.14. The van der Waals surface area contributed by atoms with Crippen molar-refractivity contribution in [2.24, 2.45) is 0 Å². The molecular weight excluding hydrogens is 462 g/mol. The Hall–Kier alpha value is -4.34. The van der Waals surface area contributed by atoms with Crippen molar-refractivity contribution in [1.29, 1.82) is 0 Å². The number of methoxy groups -OCH3 is 2. The number of hydrogen-bond acceptors (Lipinski definition) is 6. The Morgan fingerprint density at radius 2 is 1.69 bits per heavy atom. The zero-order valence-electron chi connectivity index (χ0n) is 20.8. The summed E-state index contributed by atoms with van der Waals surface area (Å²) >= 11 is 0. The zero-order chi connectivity index (χ0) is 25.8. The summed E-state index contributed by atoms with van der Waals surface area (Å²) in [5, 5.41) is 7.24. The first-order valence-corrected chi connectivity index (χ1v) is 11.6. The summed E-state index contributed by atoms with van der Waals surface area (Å²) in [7, 11) is 3.03. The summed E-state index contributed by atoms with van der Waals surface area (Å²) in [5.74, 6) is 0.563. The van der Waals surface area contributed by atoms with Crippen LogP contribution in [0.1, 0.15) is 18.2 Å². The first kappa shape index (κ1) is 24.8. The van der Waals surface area contributed by atoms with Crippen LogP contribution >= 0.6 is 0 Å². The van der Waals surface area contributed by atoms with Crippen LogP contribution in [0.4, 0.5) is 5.69 Å². The summed E-state index contributed by atoms with van der Waals surface area (Å²) in [6, 6.07) is 14.6. The Balaban J connectivity index is 1.73. The molecule has 10 nitrogen and oxygen atoms in total. The standard InChI is InChI=1S/C26H29N5O5/c1-5-31-24-23(17(2)28-31)30(16-22(32)27-19-11-12-20(35-3)21(15-19)36-4)26(34)29(25(24)33)14-13-18-9-7-6-8-10-18/h6-12,15H,5,13-14,16H2,1-4H3,(H,27,32). The van der Waals surface area contributed by atoms with E-state index in [0.717, 1.165) is 5.56 Å². The summed E-state index contributed by atoms with van der Waals surface area (Å²) in [6.45, 7) is 3.95. The molecule has 0 saturated carbocycles. The zero-order valence-corrected chi connectivity index (χ0v) is 20.8. The third-order valence-corrected chi connectivity index (χ3v) is 6.01. The van der Waals surface area contributed by atoms with Crippen LogP contribution in [-0.4, -0.2) is 39.0 Å². The van der Waals surface area contributed by atoms with Gasteiger partial charge < -0.3 is 14.8 Å². The smallest absolute Gasteiger partial charge is 0.332 e. The van der Waals surface area contributed by atoms with Crippen molar-refractivity contribution in [2.75, 3.05) is 19.5 Å². The average molecular weight is 492 g/mol.